The van der Waals surface area contributed by atoms with Crippen molar-refractivity contribution in [3.63, 3.8) is 0 Å². The van der Waals surface area contributed by atoms with Gasteiger partial charge in [-0.25, -0.2) is 0 Å². The molecule has 2 atom stereocenters. The standard InChI is InChI=1S/C19H39N5O.HI/c1-4-6-9-16(5-2)14-23-19(21-3)22-11-8-13-24-12-7-10-17(15-24)18(20)25;/h16-17H,4-15H2,1-3H3,(H2,20,25)(H2,21,22,23);1H. The molecular weight excluding hydrogens is 441 g/mol. The predicted octanol–water partition coefficient (Wildman–Crippen LogP) is 2.57. The fourth-order valence-electron chi connectivity index (χ4n) is 3.41. The third-order valence-electron chi connectivity index (χ3n) is 5.18. The van der Waals surface area contributed by atoms with Crippen LogP contribution < -0.4 is 16.4 Å². The van der Waals surface area contributed by atoms with Crippen molar-refractivity contribution in [1.82, 2.24) is 15.5 Å². The molecule has 0 aromatic carbocycles. The molecule has 4 N–H and O–H groups in total. The average molecular weight is 481 g/mol. The number of carbonyl (C=O) groups is 1. The second kappa shape index (κ2) is 15.5. The zero-order chi connectivity index (χ0) is 18.5. The Morgan fingerprint density at radius 2 is 2.08 bits per heavy atom. The number of aliphatic imine (C=N–C) groups is 1. The molecule has 0 aromatic heterocycles. The molecule has 26 heavy (non-hydrogen) atoms. The summed E-state index contributed by atoms with van der Waals surface area (Å²) in [5.41, 5.74) is 5.44. The number of halogens is 1. The first-order valence-electron chi connectivity index (χ1n) is 10.1. The van der Waals surface area contributed by atoms with E-state index in [1.807, 2.05) is 7.05 Å². The Bertz CT molecular complexity index is 405. The van der Waals surface area contributed by atoms with Crippen molar-refractivity contribution >= 4 is 35.8 Å². The van der Waals surface area contributed by atoms with Gasteiger partial charge in [-0.05, 0) is 44.7 Å². The van der Waals surface area contributed by atoms with Gasteiger partial charge >= 0.3 is 0 Å². The number of nitrogens with two attached hydrogens (primary N) is 1. The van der Waals surface area contributed by atoms with E-state index in [2.05, 4.69) is 34.4 Å². The highest BCUT2D eigenvalue weighted by Crippen LogP contribution is 2.15. The number of carbonyl (C=O) groups excluding carboxylic acids is 1. The van der Waals surface area contributed by atoms with Gasteiger partial charge in [0.05, 0.1) is 5.92 Å². The van der Waals surface area contributed by atoms with E-state index in [9.17, 15) is 4.79 Å². The monoisotopic (exact) mass is 481 g/mol. The highest BCUT2D eigenvalue weighted by molar-refractivity contribution is 14.0. The molecule has 1 heterocycles. The first-order chi connectivity index (χ1) is 12.1. The van der Waals surface area contributed by atoms with E-state index in [0.29, 0.717) is 0 Å². The Labute approximate surface area is 177 Å². The lowest BCUT2D eigenvalue weighted by molar-refractivity contribution is -0.123. The molecule has 0 aromatic rings. The van der Waals surface area contributed by atoms with Crippen LogP contribution in [-0.4, -0.2) is 56.5 Å². The maximum atomic E-state index is 11.3. The lowest BCUT2D eigenvalue weighted by Crippen LogP contribution is -2.43. The SMILES string of the molecule is CCCCC(CC)CNC(=NC)NCCCN1CCCC(C(N)=O)C1.I. The van der Waals surface area contributed by atoms with Gasteiger partial charge in [0.25, 0.3) is 0 Å². The maximum absolute atomic E-state index is 11.3. The number of nitrogens with one attached hydrogen (secondary N) is 2. The summed E-state index contributed by atoms with van der Waals surface area (Å²) in [5.74, 6) is 1.49. The van der Waals surface area contributed by atoms with E-state index in [1.165, 1.54) is 25.7 Å². The number of hydrogen-bond acceptors (Lipinski definition) is 3. The van der Waals surface area contributed by atoms with E-state index >= 15 is 0 Å². The summed E-state index contributed by atoms with van der Waals surface area (Å²) in [4.78, 5) is 18.0. The van der Waals surface area contributed by atoms with E-state index in [4.69, 9.17) is 5.73 Å². The van der Waals surface area contributed by atoms with Gasteiger partial charge in [-0.3, -0.25) is 9.79 Å². The summed E-state index contributed by atoms with van der Waals surface area (Å²) >= 11 is 0. The number of unbranched alkanes of at least 4 members (excludes halogenated alkanes) is 1. The number of nitrogens with zero attached hydrogens (tertiary/aromatic N) is 2. The second-order valence-electron chi connectivity index (χ2n) is 7.19. The molecule has 7 heteroatoms. The van der Waals surface area contributed by atoms with Crippen LogP contribution in [0, 0.1) is 11.8 Å². The Morgan fingerprint density at radius 3 is 2.69 bits per heavy atom. The van der Waals surface area contributed by atoms with E-state index in [1.54, 1.807) is 0 Å². The van der Waals surface area contributed by atoms with Crippen LogP contribution in [0.25, 0.3) is 0 Å². The molecule has 6 nitrogen and oxygen atoms in total. The molecule has 2 unspecified atom stereocenters. The molecule has 1 saturated heterocycles. The lowest BCUT2D eigenvalue weighted by atomic mass is 9.97. The molecule has 1 amide bonds. The first-order valence-corrected chi connectivity index (χ1v) is 10.1. The van der Waals surface area contributed by atoms with Crippen LogP contribution in [0.1, 0.15) is 58.8 Å². The minimum Gasteiger partial charge on any atom is -0.369 e. The van der Waals surface area contributed by atoms with Crippen LogP contribution in [-0.2, 0) is 4.79 Å². The van der Waals surface area contributed by atoms with Gasteiger partial charge in [0.2, 0.25) is 5.91 Å². The summed E-state index contributed by atoms with van der Waals surface area (Å²) in [6.45, 7) is 9.28. The molecule has 0 radical (unpaired) electrons. The van der Waals surface area contributed by atoms with Gasteiger partial charge in [0.15, 0.2) is 5.96 Å². The van der Waals surface area contributed by atoms with Crippen molar-refractivity contribution in [2.75, 3.05) is 39.8 Å². The summed E-state index contributed by atoms with van der Waals surface area (Å²) in [6, 6.07) is 0. The average Bonchev–Trinajstić information content (AvgIpc) is 2.63. The maximum Gasteiger partial charge on any atom is 0.221 e. The van der Waals surface area contributed by atoms with Gasteiger partial charge in [0.1, 0.15) is 0 Å². The Balaban J connectivity index is 0.00000625. The van der Waals surface area contributed by atoms with E-state index in [0.717, 1.165) is 63.9 Å². The van der Waals surface area contributed by atoms with Gasteiger partial charge in [-0.1, -0.05) is 33.1 Å². The first kappa shape index (κ1) is 25.4. The number of rotatable bonds is 11. The van der Waals surface area contributed by atoms with Gasteiger partial charge in [-0.2, -0.15) is 0 Å². The Morgan fingerprint density at radius 1 is 1.31 bits per heavy atom. The van der Waals surface area contributed by atoms with Crippen LogP contribution in [0.2, 0.25) is 0 Å². The molecule has 154 valence electrons. The number of primary amides is 1. The summed E-state index contributed by atoms with van der Waals surface area (Å²) < 4.78 is 0. The van der Waals surface area contributed by atoms with Crippen LogP contribution in [0.5, 0.6) is 0 Å². The van der Waals surface area contributed by atoms with E-state index in [-0.39, 0.29) is 35.8 Å². The number of amides is 1. The third kappa shape index (κ3) is 10.5. The van der Waals surface area contributed by atoms with Crippen molar-refractivity contribution in [2.45, 2.75) is 58.8 Å². The number of piperidine rings is 1. The molecule has 0 saturated carbocycles. The highest BCUT2D eigenvalue weighted by Gasteiger charge is 2.23. The lowest BCUT2D eigenvalue weighted by Gasteiger charge is -2.31. The third-order valence-corrected chi connectivity index (χ3v) is 5.18. The predicted molar refractivity (Wildman–Crippen MR) is 121 cm³/mol. The highest BCUT2D eigenvalue weighted by atomic mass is 127. The smallest absolute Gasteiger partial charge is 0.221 e. The molecule has 1 aliphatic rings. The fraction of sp³-hybridized carbons (Fsp3) is 0.895. The van der Waals surface area contributed by atoms with Crippen molar-refractivity contribution in [2.24, 2.45) is 22.6 Å². The normalized spacial score (nSPS) is 19.5. The van der Waals surface area contributed by atoms with Crippen LogP contribution in [0.3, 0.4) is 0 Å². The topological polar surface area (TPSA) is 82.8 Å². The minimum atomic E-state index is -0.152. The molecule has 0 spiro atoms. The van der Waals surface area contributed by atoms with Gasteiger partial charge in [0, 0.05) is 26.7 Å². The van der Waals surface area contributed by atoms with E-state index < -0.39 is 0 Å². The zero-order valence-electron chi connectivity index (χ0n) is 16.9. The Kier molecular flexibility index (Phi) is 15.1. The molecule has 1 fully saturated rings. The molecule has 1 rings (SSSR count). The summed E-state index contributed by atoms with van der Waals surface area (Å²) in [7, 11) is 1.82. The van der Waals surface area contributed by atoms with Crippen molar-refractivity contribution < 1.29 is 4.79 Å². The van der Waals surface area contributed by atoms with Crippen LogP contribution in [0.4, 0.5) is 0 Å². The number of guanidine groups is 1. The van der Waals surface area contributed by atoms with Crippen molar-refractivity contribution in [1.29, 1.82) is 0 Å². The second-order valence-corrected chi connectivity index (χ2v) is 7.19. The largest absolute Gasteiger partial charge is 0.369 e. The van der Waals surface area contributed by atoms with Gasteiger partial charge in [-0.15, -0.1) is 24.0 Å². The number of likely N-dealkylation sites (tertiary alicyclic amines) is 1. The summed E-state index contributed by atoms with van der Waals surface area (Å²) in [6.07, 6.45) is 8.11. The Hall–Kier alpha value is -0.570. The number of hydrogen-bond donors (Lipinski definition) is 3. The minimum absolute atomic E-state index is 0. The van der Waals surface area contributed by atoms with Crippen LogP contribution >= 0.6 is 24.0 Å². The van der Waals surface area contributed by atoms with Crippen LogP contribution in [0.15, 0.2) is 4.99 Å². The molecule has 1 aliphatic heterocycles. The quantitative estimate of drug-likeness (QED) is 0.183. The van der Waals surface area contributed by atoms with Crippen molar-refractivity contribution in [3.05, 3.63) is 0 Å². The zero-order valence-corrected chi connectivity index (χ0v) is 19.3. The summed E-state index contributed by atoms with van der Waals surface area (Å²) in [5, 5.41) is 6.85. The molecule has 0 bridgehead atoms. The van der Waals surface area contributed by atoms with Gasteiger partial charge < -0.3 is 21.3 Å². The fourth-order valence-corrected chi connectivity index (χ4v) is 3.41. The molecule has 0 aliphatic carbocycles. The van der Waals surface area contributed by atoms with Crippen molar-refractivity contribution in [3.8, 4) is 0 Å². The molecular formula is C19H40IN5O.